The van der Waals surface area contributed by atoms with Gasteiger partial charge in [0.05, 0.1) is 18.7 Å². The second kappa shape index (κ2) is 7.48. The molecule has 130 valence electrons. The number of carbonyl (C=O) groups is 2. The minimum absolute atomic E-state index is 0.315. The van der Waals surface area contributed by atoms with E-state index in [4.69, 9.17) is 4.74 Å². The van der Waals surface area contributed by atoms with Gasteiger partial charge in [0, 0.05) is 22.8 Å². The number of hydrogen-bond acceptors (Lipinski definition) is 6. The Morgan fingerprint density at radius 1 is 1.20 bits per heavy atom. The molecule has 0 saturated carbocycles. The molecule has 1 amide bonds. The summed E-state index contributed by atoms with van der Waals surface area (Å²) in [6.45, 7) is 0. The molecule has 1 aromatic heterocycles. The molecule has 2 aromatic rings. The SMILES string of the molecule is COc1ccc(-c2csc(NC(=O)C3CC=CCC3C(=O)[O-])n2)cc1. The largest absolute Gasteiger partial charge is 0.550 e. The first-order valence-electron chi connectivity index (χ1n) is 7.85. The van der Waals surface area contributed by atoms with Crippen LogP contribution in [0.15, 0.2) is 41.8 Å². The average Bonchev–Trinajstić information content (AvgIpc) is 3.10. The smallest absolute Gasteiger partial charge is 0.230 e. The van der Waals surface area contributed by atoms with Gasteiger partial charge in [0.25, 0.3) is 0 Å². The van der Waals surface area contributed by atoms with Gasteiger partial charge in [-0.3, -0.25) is 4.79 Å². The number of aliphatic carboxylic acids is 1. The highest BCUT2D eigenvalue weighted by Gasteiger charge is 2.30. The lowest BCUT2D eigenvalue weighted by Gasteiger charge is -2.27. The van der Waals surface area contributed by atoms with Gasteiger partial charge in [-0.05, 0) is 37.1 Å². The van der Waals surface area contributed by atoms with E-state index < -0.39 is 17.8 Å². The lowest BCUT2D eigenvalue weighted by molar-refractivity contribution is -0.313. The molecule has 6 nitrogen and oxygen atoms in total. The maximum atomic E-state index is 12.4. The molecule has 2 unspecified atom stereocenters. The Balaban J connectivity index is 1.71. The van der Waals surface area contributed by atoms with Crippen LogP contribution in [0.4, 0.5) is 5.13 Å². The maximum absolute atomic E-state index is 12.4. The van der Waals surface area contributed by atoms with E-state index in [0.717, 1.165) is 17.0 Å². The van der Waals surface area contributed by atoms with Crippen LogP contribution in [0.25, 0.3) is 11.3 Å². The van der Waals surface area contributed by atoms with E-state index in [9.17, 15) is 14.7 Å². The van der Waals surface area contributed by atoms with Crippen molar-refractivity contribution in [3.8, 4) is 17.0 Å². The molecule has 1 aromatic carbocycles. The molecule has 0 bridgehead atoms. The van der Waals surface area contributed by atoms with Gasteiger partial charge in [-0.25, -0.2) is 4.98 Å². The van der Waals surface area contributed by atoms with Crippen LogP contribution in [-0.2, 0) is 9.59 Å². The number of benzene rings is 1. The van der Waals surface area contributed by atoms with E-state index in [2.05, 4.69) is 10.3 Å². The summed E-state index contributed by atoms with van der Waals surface area (Å²) in [6, 6.07) is 7.45. The Morgan fingerprint density at radius 3 is 2.52 bits per heavy atom. The van der Waals surface area contributed by atoms with Crippen LogP contribution in [0.3, 0.4) is 0 Å². The van der Waals surface area contributed by atoms with Crippen LogP contribution in [0.2, 0.25) is 0 Å². The van der Waals surface area contributed by atoms with Crippen molar-refractivity contribution in [2.45, 2.75) is 12.8 Å². The summed E-state index contributed by atoms with van der Waals surface area (Å²) in [6.07, 6.45) is 4.31. The van der Waals surface area contributed by atoms with Gasteiger partial charge >= 0.3 is 0 Å². The summed E-state index contributed by atoms with van der Waals surface area (Å²) >= 11 is 1.30. The van der Waals surface area contributed by atoms with Crippen molar-refractivity contribution in [3.63, 3.8) is 0 Å². The first kappa shape index (κ1) is 17.2. The molecule has 0 aliphatic heterocycles. The number of ether oxygens (including phenoxy) is 1. The van der Waals surface area contributed by atoms with Crippen LogP contribution >= 0.6 is 11.3 Å². The van der Waals surface area contributed by atoms with Gasteiger partial charge in [-0.2, -0.15) is 0 Å². The number of carboxylic acids is 1. The van der Waals surface area contributed by atoms with Gasteiger partial charge in [0.1, 0.15) is 5.75 Å². The number of carbonyl (C=O) groups excluding carboxylic acids is 2. The van der Waals surface area contributed by atoms with Crippen LogP contribution in [0.5, 0.6) is 5.75 Å². The van der Waals surface area contributed by atoms with E-state index in [1.165, 1.54) is 11.3 Å². The average molecular weight is 357 g/mol. The number of thiazole rings is 1. The third kappa shape index (κ3) is 3.88. The number of anilines is 1. The third-order valence-electron chi connectivity index (χ3n) is 4.19. The molecule has 7 heteroatoms. The fraction of sp³-hybridized carbons (Fsp3) is 0.278. The maximum Gasteiger partial charge on any atom is 0.230 e. The minimum Gasteiger partial charge on any atom is -0.550 e. The zero-order valence-corrected chi connectivity index (χ0v) is 14.4. The van der Waals surface area contributed by atoms with Gasteiger partial charge in [0.2, 0.25) is 5.91 Å². The minimum atomic E-state index is -1.19. The molecule has 0 radical (unpaired) electrons. The number of nitrogens with one attached hydrogen (secondary N) is 1. The summed E-state index contributed by atoms with van der Waals surface area (Å²) in [7, 11) is 1.60. The van der Waals surface area contributed by atoms with Crippen LogP contribution < -0.4 is 15.2 Å². The molecule has 1 N–H and O–H groups in total. The molecule has 1 aliphatic carbocycles. The number of methoxy groups -OCH3 is 1. The van der Waals surface area contributed by atoms with E-state index in [0.29, 0.717) is 18.0 Å². The zero-order chi connectivity index (χ0) is 17.8. The number of carboxylic acid groups (broad SMARTS) is 1. The van der Waals surface area contributed by atoms with E-state index in [1.807, 2.05) is 35.7 Å². The second-order valence-electron chi connectivity index (χ2n) is 5.73. The van der Waals surface area contributed by atoms with Gasteiger partial charge in [-0.15, -0.1) is 11.3 Å². The fourth-order valence-corrected chi connectivity index (χ4v) is 3.51. The lowest BCUT2D eigenvalue weighted by Crippen LogP contribution is -2.41. The quantitative estimate of drug-likeness (QED) is 0.828. The molecule has 1 heterocycles. The zero-order valence-electron chi connectivity index (χ0n) is 13.6. The van der Waals surface area contributed by atoms with Gasteiger partial charge in [-0.1, -0.05) is 12.2 Å². The standard InChI is InChI=1S/C18H18N2O4S/c1-24-12-8-6-11(7-9-12)15-10-25-18(19-15)20-16(21)13-4-2-3-5-14(13)17(22)23/h2-3,6-10,13-14H,4-5H2,1H3,(H,22,23)(H,19,20,21)/p-1. The lowest BCUT2D eigenvalue weighted by atomic mass is 9.82. The van der Waals surface area contributed by atoms with E-state index >= 15 is 0 Å². The second-order valence-corrected chi connectivity index (χ2v) is 6.59. The van der Waals surface area contributed by atoms with Crippen LogP contribution in [0.1, 0.15) is 12.8 Å². The Bertz CT molecular complexity index is 798. The van der Waals surface area contributed by atoms with Crippen molar-refractivity contribution in [1.29, 1.82) is 0 Å². The Labute approximate surface area is 149 Å². The number of hydrogen-bond donors (Lipinski definition) is 1. The highest BCUT2D eigenvalue weighted by Crippen LogP contribution is 2.29. The predicted octanol–water partition coefficient (Wildman–Crippen LogP) is 2.09. The molecule has 0 spiro atoms. The molecular weight excluding hydrogens is 340 g/mol. The number of aromatic nitrogens is 1. The highest BCUT2D eigenvalue weighted by atomic mass is 32.1. The fourth-order valence-electron chi connectivity index (χ4n) is 2.79. The highest BCUT2D eigenvalue weighted by molar-refractivity contribution is 7.14. The monoisotopic (exact) mass is 357 g/mol. The van der Waals surface area contributed by atoms with E-state index in [1.54, 1.807) is 13.2 Å². The van der Waals surface area contributed by atoms with E-state index in [-0.39, 0.29) is 5.91 Å². The Kier molecular flexibility index (Phi) is 5.14. The molecule has 0 saturated heterocycles. The number of allylic oxidation sites excluding steroid dienone is 2. The molecule has 3 rings (SSSR count). The topological polar surface area (TPSA) is 91.3 Å². The Morgan fingerprint density at radius 2 is 1.88 bits per heavy atom. The molecule has 1 aliphatic rings. The van der Waals surface area contributed by atoms with Gasteiger partial charge in [0.15, 0.2) is 5.13 Å². The third-order valence-corrected chi connectivity index (χ3v) is 4.95. The molecule has 0 fully saturated rings. The first-order valence-corrected chi connectivity index (χ1v) is 8.73. The van der Waals surface area contributed by atoms with Crippen molar-refractivity contribution in [2.75, 3.05) is 12.4 Å². The van der Waals surface area contributed by atoms with Crippen molar-refractivity contribution < 1.29 is 19.4 Å². The summed E-state index contributed by atoms with van der Waals surface area (Å²) in [5, 5.41) is 16.2. The molecule has 2 atom stereocenters. The number of rotatable bonds is 5. The molecular formula is C18H17N2O4S-. The van der Waals surface area contributed by atoms with Crippen molar-refractivity contribution in [2.24, 2.45) is 11.8 Å². The number of nitrogens with zero attached hydrogens (tertiary/aromatic N) is 1. The normalized spacial score (nSPS) is 19.4. The summed E-state index contributed by atoms with van der Waals surface area (Å²) < 4.78 is 5.13. The van der Waals surface area contributed by atoms with Crippen molar-refractivity contribution in [1.82, 2.24) is 4.98 Å². The van der Waals surface area contributed by atoms with Crippen molar-refractivity contribution >= 4 is 28.3 Å². The molecule has 25 heavy (non-hydrogen) atoms. The predicted molar refractivity (Wildman–Crippen MR) is 93.1 cm³/mol. The summed E-state index contributed by atoms with van der Waals surface area (Å²) in [5.41, 5.74) is 1.65. The van der Waals surface area contributed by atoms with Crippen molar-refractivity contribution in [3.05, 3.63) is 41.8 Å². The van der Waals surface area contributed by atoms with Crippen LogP contribution in [-0.4, -0.2) is 24.0 Å². The summed E-state index contributed by atoms with van der Waals surface area (Å²) in [4.78, 5) is 28.0. The summed E-state index contributed by atoms with van der Waals surface area (Å²) in [5.74, 6) is -2.21. The van der Waals surface area contributed by atoms with Gasteiger partial charge < -0.3 is 20.0 Å². The number of amides is 1. The van der Waals surface area contributed by atoms with Crippen LogP contribution in [0, 0.1) is 11.8 Å². The Hall–Kier alpha value is -2.67. The first-order chi connectivity index (χ1) is 12.1.